The van der Waals surface area contributed by atoms with Gasteiger partial charge in [-0.3, -0.25) is 9.59 Å². The quantitative estimate of drug-likeness (QED) is 0.913. The van der Waals surface area contributed by atoms with Crippen LogP contribution in [0.25, 0.3) is 0 Å². The standard InChI is InChI=1S/C13H17NO3S/c1-8(2)10-5-14(6-11(10)13(16)17)12(15)9-3-4-18-7-9/h3-4,7-8,10-11H,5-6H2,1-2H3,(H,16,17)/t10-,11+/m0/s1. The van der Waals surface area contributed by atoms with E-state index in [2.05, 4.69) is 0 Å². The maximum Gasteiger partial charge on any atom is 0.308 e. The molecule has 5 heteroatoms. The first kappa shape index (κ1) is 13.1. The summed E-state index contributed by atoms with van der Waals surface area (Å²) in [5, 5.41) is 12.9. The Labute approximate surface area is 110 Å². The van der Waals surface area contributed by atoms with Crippen molar-refractivity contribution < 1.29 is 14.7 Å². The van der Waals surface area contributed by atoms with Crippen molar-refractivity contribution in [3.8, 4) is 0 Å². The van der Waals surface area contributed by atoms with E-state index in [9.17, 15) is 14.7 Å². The van der Waals surface area contributed by atoms with Gasteiger partial charge in [0.15, 0.2) is 0 Å². The average Bonchev–Trinajstić information content (AvgIpc) is 2.97. The molecule has 1 fully saturated rings. The van der Waals surface area contributed by atoms with E-state index in [-0.39, 0.29) is 17.7 Å². The van der Waals surface area contributed by atoms with Crippen molar-refractivity contribution in [2.24, 2.45) is 17.8 Å². The number of amides is 1. The van der Waals surface area contributed by atoms with Crippen LogP contribution < -0.4 is 0 Å². The Morgan fingerprint density at radius 3 is 2.61 bits per heavy atom. The number of carbonyl (C=O) groups is 2. The molecule has 1 aliphatic heterocycles. The summed E-state index contributed by atoms with van der Waals surface area (Å²) < 4.78 is 0. The lowest BCUT2D eigenvalue weighted by Crippen LogP contribution is -2.29. The number of rotatable bonds is 3. The summed E-state index contributed by atoms with van der Waals surface area (Å²) >= 11 is 1.48. The minimum Gasteiger partial charge on any atom is -0.481 e. The predicted molar refractivity (Wildman–Crippen MR) is 69.7 cm³/mol. The van der Waals surface area contributed by atoms with E-state index in [1.807, 2.05) is 19.2 Å². The Balaban J connectivity index is 2.14. The molecule has 1 aliphatic rings. The van der Waals surface area contributed by atoms with Crippen LogP contribution in [0.5, 0.6) is 0 Å². The van der Waals surface area contributed by atoms with Crippen LogP contribution in [0, 0.1) is 17.8 Å². The molecule has 2 atom stereocenters. The third kappa shape index (κ3) is 2.41. The Hall–Kier alpha value is -1.36. The normalized spacial score (nSPS) is 23.6. The topological polar surface area (TPSA) is 57.6 Å². The molecule has 0 bridgehead atoms. The number of carboxylic acids is 1. The Morgan fingerprint density at radius 2 is 2.17 bits per heavy atom. The van der Waals surface area contributed by atoms with Crippen LogP contribution in [0.4, 0.5) is 0 Å². The maximum atomic E-state index is 12.2. The second-order valence-electron chi connectivity index (χ2n) is 5.07. The second kappa shape index (κ2) is 5.10. The molecule has 0 aromatic carbocycles. The van der Waals surface area contributed by atoms with Gasteiger partial charge in [0.05, 0.1) is 11.5 Å². The first-order valence-electron chi connectivity index (χ1n) is 6.05. The summed E-state index contributed by atoms with van der Waals surface area (Å²) in [7, 11) is 0. The average molecular weight is 267 g/mol. The Morgan fingerprint density at radius 1 is 1.44 bits per heavy atom. The first-order chi connectivity index (χ1) is 8.50. The Bertz CT molecular complexity index is 441. The van der Waals surface area contributed by atoms with E-state index in [4.69, 9.17) is 0 Å². The molecule has 1 aromatic heterocycles. The smallest absolute Gasteiger partial charge is 0.308 e. The van der Waals surface area contributed by atoms with Crippen molar-refractivity contribution in [1.29, 1.82) is 0 Å². The van der Waals surface area contributed by atoms with E-state index in [0.717, 1.165) is 0 Å². The molecule has 1 amide bonds. The molecule has 1 N–H and O–H groups in total. The third-order valence-corrected chi connectivity index (χ3v) is 4.28. The molecular weight excluding hydrogens is 250 g/mol. The van der Waals surface area contributed by atoms with Crippen molar-refractivity contribution in [2.75, 3.05) is 13.1 Å². The van der Waals surface area contributed by atoms with E-state index in [1.165, 1.54) is 11.3 Å². The van der Waals surface area contributed by atoms with Gasteiger partial charge in [-0.15, -0.1) is 0 Å². The first-order valence-corrected chi connectivity index (χ1v) is 6.99. The summed E-state index contributed by atoms with van der Waals surface area (Å²) in [5.74, 6) is -0.969. The minimum atomic E-state index is -0.797. The van der Waals surface area contributed by atoms with Crippen molar-refractivity contribution in [3.05, 3.63) is 22.4 Å². The van der Waals surface area contributed by atoms with Crippen LogP contribution in [0.3, 0.4) is 0 Å². The molecule has 1 saturated heterocycles. The summed E-state index contributed by atoms with van der Waals surface area (Å²) in [6.07, 6.45) is 0. The zero-order valence-corrected chi connectivity index (χ0v) is 11.3. The molecule has 18 heavy (non-hydrogen) atoms. The summed E-state index contributed by atoms with van der Waals surface area (Å²) in [6, 6.07) is 1.78. The predicted octanol–water partition coefficient (Wildman–Crippen LogP) is 2.18. The molecule has 1 aromatic rings. The minimum absolute atomic E-state index is 0.0464. The van der Waals surface area contributed by atoms with Crippen LogP contribution in [-0.4, -0.2) is 35.0 Å². The number of hydrogen-bond acceptors (Lipinski definition) is 3. The van der Waals surface area contributed by atoms with Crippen LogP contribution in [0.1, 0.15) is 24.2 Å². The lowest BCUT2D eigenvalue weighted by Gasteiger charge is -2.18. The molecule has 0 unspecified atom stereocenters. The molecular formula is C13H17NO3S. The summed E-state index contributed by atoms with van der Waals surface area (Å²) in [6.45, 7) is 4.90. The number of carbonyl (C=O) groups excluding carboxylic acids is 1. The van der Waals surface area contributed by atoms with E-state index >= 15 is 0 Å². The molecule has 2 heterocycles. The van der Waals surface area contributed by atoms with Crippen molar-refractivity contribution in [2.45, 2.75) is 13.8 Å². The highest BCUT2D eigenvalue weighted by Gasteiger charge is 2.41. The van der Waals surface area contributed by atoms with E-state index < -0.39 is 11.9 Å². The fraction of sp³-hybridized carbons (Fsp3) is 0.538. The second-order valence-corrected chi connectivity index (χ2v) is 5.85. The van der Waals surface area contributed by atoms with Gasteiger partial charge in [0.1, 0.15) is 0 Å². The maximum absolute atomic E-state index is 12.2. The molecule has 0 radical (unpaired) electrons. The zero-order valence-electron chi connectivity index (χ0n) is 10.5. The van der Waals surface area contributed by atoms with Gasteiger partial charge in [-0.05, 0) is 23.3 Å². The van der Waals surface area contributed by atoms with Gasteiger partial charge in [0.2, 0.25) is 0 Å². The number of likely N-dealkylation sites (tertiary alicyclic amines) is 1. The molecule has 0 saturated carbocycles. The van der Waals surface area contributed by atoms with Crippen LogP contribution in [0.15, 0.2) is 16.8 Å². The number of nitrogens with zero attached hydrogens (tertiary/aromatic N) is 1. The van der Waals surface area contributed by atoms with Gasteiger partial charge < -0.3 is 10.0 Å². The molecule has 4 nitrogen and oxygen atoms in total. The zero-order chi connectivity index (χ0) is 13.3. The number of carboxylic acid groups (broad SMARTS) is 1. The highest BCUT2D eigenvalue weighted by Crippen LogP contribution is 2.31. The van der Waals surface area contributed by atoms with Gasteiger partial charge in [0, 0.05) is 18.5 Å². The lowest BCUT2D eigenvalue weighted by atomic mass is 9.86. The number of hydrogen-bond donors (Lipinski definition) is 1. The fourth-order valence-corrected chi connectivity index (χ4v) is 3.13. The van der Waals surface area contributed by atoms with Crippen LogP contribution in [-0.2, 0) is 4.79 Å². The molecule has 0 aliphatic carbocycles. The SMILES string of the molecule is CC(C)[C@@H]1CN(C(=O)c2ccsc2)C[C@H]1C(=O)O. The van der Waals surface area contributed by atoms with Crippen molar-refractivity contribution >= 4 is 23.2 Å². The molecule has 2 rings (SSSR count). The van der Waals surface area contributed by atoms with Crippen molar-refractivity contribution in [3.63, 3.8) is 0 Å². The van der Waals surface area contributed by atoms with Crippen LogP contribution >= 0.6 is 11.3 Å². The summed E-state index contributed by atoms with van der Waals surface area (Å²) in [4.78, 5) is 25.1. The highest BCUT2D eigenvalue weighted by molar-refractivity contribution is 7.08. The van der Waals surface area contributed by atoms with Crippen molar-refractivity contribution in [1.82, 2.24) is 4.90 Å². The molecule has 0 spiro atoms. The van der Waals surface area contributed by atoms with Crippen LogP contribution in [0.2, 0.25) is 0 Å². The fourth-order valence-electron chi connectivity index (χ4n) is 2.50. The largest absolute Gasteiger partial charge is 0.481 e. The summed E-state index contributed by atoms with van der Waals surface area (Å²) in [5.41, 5.74) is 0.661. The van der Waals surface area contributed by atoms with Gasteiger partial charge >= 0.3 is 5.97 Å². The lowest BCUT2D eigenvalue weighted by molar-refractivity contribution is -0.142. The monoisotopic (exact) mass is 267 g/mol. The van der Waals surface area contributed by atoms with Gasteiger partial charge in [-0.1, -0.05) is 13.8 Å². The Kier molecular flexibility index (Phi) is 3.71. The highest BCUT2D eigenvalue weighted by atomic mass is 32.1. The van der Waals surface area contributed by atoms with E-state index in [0.29, 0.717) is 18.7 Å². The molecule has 98 valence electrons. The number of thiophene rings is 1. The number of aliphatic carboxylic acids is 1. The van der Waals surface area contributed by atoms with E-state index in [1.54, 1.807) is 16.3 Å². The van der Waals surface area contributed by atoms with Gasteiger partial charge in [-0.2, -0.15) is 11.3 Å². The third-order valence-electron chi connectivity index (χ3n) is 3.59. The van der Waals surface area contributed by atoms with Gasteiger partial charge in [0.25, 0.3) is 5.91 Å². The van der Waals surface area contributed by atoms with Gasteiger partial charge in [-0.25, -0.2) is 0 Å².